The fourth-order valence-electron chi connectivity index (χ4n) is 4.27. The minimum atomic E-state index is -0.825. The second-order valence-corrected chi connectivity index (χ2v) is 8.70. The maximum absolute atomic E-state index is 12.0. The van der Waals surface area contributed by atoms with Crippen molar-refractivity contribution < 1.29 is 14.6 Å². The Balaban J connectivity index is 1.64. The van der Waals surface area contributed by atoms with Gasteiger partial charge in [-0.3, -0.25) is 4.79 Å². The van der Waals surface area contributed by atoms with E-state index in [1.54, 1.807) is 6.20 Å². The number of nitrogens with one attached hydrogen (secondary N) is 2. The molecule has 2 atom stereocenters. The Kier molecular flexibility index (Phi) is 6.16. The number of anilines is 3. The fraction of sp³-hybridized carbons (Fsp3) is 0.478. The average Bonchev–Trinajstić information content (AvgIpc) is 2.70. The van der Waals surface area contributed by atoms with Gasteiger partial charge >= 0.3 is 5.97 Å². The Hall–Kier alpha value is -2.31. The van der Waals surface area contributed by atoms with E-state index in [-0.39, 0.29) is 12.1 Å². The van der Waals surface area contributed by atoms with Crippen molar-refractivity contribution in [2.45, 2.75) is 63.0 Å². The number of pyridine rings is 1. The molecule has 2 fully saturated rings. The molecule has 1 saturated heterocycles. The molecule has 2 aliphatic rings. The number of carboxylic acid groups (broad SMARTS) is 1. The molecule has 0 radical (unpaired) electrons. The van der Waals surface area contributed by atoms with Gasteiger partial charge in [-0.15, -0.1) is 0 Å². The average molecular weight is 430 g/mol. The van der Waals surface area contributed by atoms with Crippen LogP contribution < -0.4 is 10.6 Å². The predicted molar refractivity (Wildman–Crippen MR) is 119 cm³/mol. The summed E-state index contributed by atoms with van der Waals surface area (Å²) < 4.78 is 5.79. The Morgan fingerprint density at radius 1 is 1.33 bits per heavy atom. The molecule has 0 bridgehead atoms. The molecule has 6 nitrogen and oxygen atoms in total. The van der Waals surface area contributed by atoms with Crippen LogP contribution in [0.25, 0.3) is 0 Å². The number of carboxylic acids is 1. The molecule has 4 rings (SSSR count). The molecule has 160 valence electrons. The number of hydrogen-bond acceptors (Lipinski definition) is 5. The normalized spacial score (nSPS) is 22.7. The van der Waals surface area contributed by atoms with Crippen LogP contribution in [0.2, 0.25) is 5.02 Å². The summed E-state index contributed by atoms with van der Waals surface area (Å²) in [6, 6.07) is 9.65. The van der Waals surface area contributed by atoms with E-state index >= 15 is 0 Å². The number of aliphatic carboxylic acids is 1. The standard InChI is InChI=1S/C23H28ClN3O3/c1-2-19-13-18(8-11-30-19)27-21-20(26-17-6-4-16(24)5-7-17)12-15(14-25-21)23(22(28)29)9-3-10-23/h4-7,12,14,18-19,26H,2-3,8-11,13H2,1H3,(H,25,27)(H,28,29). The van der Waals surface area contributed by atoms with Crippen molar-refractivity contribution in [1.29, 1.82) is 0 Å². The van der Waals surface area contributed by atoms with Crippen molar-refractivity contribution in [3.8, 4) is 0 Å². The third-order valence-electron chi connectivity index (χ3n) is 6.34. The molecule has 1 aromatic carbocycles. The SMILES string of the molecule is CCC1CC(Nc2ncc(C3(C(=O)O)CCC3)cc2Nc2ccc(Cl)cc2)CCO1. The summed E-state index contributed by atoms with van der Waals surface area (Å²) in [6.45, 7) is 2.87. The van der Waals surface area contributed by atoms with Crippen LogP contribution in [0.5, 0.6) is 0 Å². The van der Waals surface area contributed by atoms with Gasteiger partial charge in [-0.2, -0.15) is 0 Å². The van der Waals surface area contributed by atoms with Gasteiger partial charge in [-0.1, -0.05) is 24.9 Å². The van der Waals surface area contributed by atoms with Crippen molar-refractivity contribution >= 4 is 34.8 Å². The van der Waals surface area contributed by atoms with Crippen molar-refractivity contribution in [3.05, 3.63) is 47.1 Å². The molecule has 1 saturated carbocycles. The molecule has 7 heteroatoms. The Bertz CT molecular complexity index is 899. The Labute approximate surface area is 182 Å². The van der Waals surface area contributed by atoms with E-state index in [4.69, 9.17) is 16.3 Å². The highest BCUT2D eigenvalue weighted by Crippen LogP contribution is 2.45. The number of benzene rings is 1. The van der Waals surface area contributed by atoms with Gasteiger partial charge in [0.25, 0.3) is 0 Å². The van der Waals surface area contributed by atoms with E-state index in [2.05, 4.69) is 22.5 Å². The van der Waals surface area contributed by atoms with Crippen molar-refractivity contribution in [1.82, 2.24) is 4.98 Å². The van der Waals surface area contributed by atoms with Crippen LogP contribution in [0.15, 0.2) is 36.5 Å². The minimum absolute atomic E-state index is 0.258. The summed E-state index contributed by atoms with van der Waals surface area (Å²) in [5, 5.41) is 17.5. The number of carbonyl (C=O) groups is 1. The van der Waals surface area contributed by atoms with Gasteiger partial charge in [-0.05, 0) is 68.0 Å². The lowest BCUT2D eigenvalue weighted by Gasteiger charge is -2.38. The molecule has 1 aliphatic heterocycles. The van der Waals surface area contributed by atoms with Crippen LogP contribution in [0.3, 0.4) is 0 Å². The van der Waals surface area contributed by atoms with Gasteiger partial charge < -0.3 is 20.5 Å². The summed E-state index contributed by atoms with van der Waals surface area (Å²) >= 11 is 6.02. The molecule has 2 aromatic rings. The van der Waals surface area contributed by atoms with E-state index in [0.717, 1.165) is 55.0 Å². The molecule has 3 N–H and O–H groups in total. The van der Waals surface area contributed by atoms with Crippen LogP contribution in [-0.4, -0.2) is 34.8 Å². The van der Waals surface area contributed by atoms with E-state index in [1.807, 2.05) is 30.3 Å². The smallest absolute Gasteiger partial charge is 0.314 e. The van der Waals surface area contributed by atoms with Crippen molar-refractivity contribution in [3.63, 3.8) is 0 Å². The molecular weight excluding hydrogens is 402 g/mol. The molecule has 1 aromatic heterocycles. The first-order chi connectivity index (χ1) is 14.5. The molecule has 0 spiro atoms. The third-order valence-corrected chi connectivity index (χ3v) is 6.60. The summed E-state index contributed by atoms with van der Waals surface area (Å²) in [6.07, 6.45) is 7.03. The number of nitrogens with zero attached hydrogens (tertiary/aromatic N) is 1. The highest BCUT2D eigenvalue weighted by Gasteiger charge is 2.46. The zero-order valence-corrected chi connectivity index (χ0v) is 17.9. The van der Waals surface area contributed by atoms with Crippen LogP contribution in [0.1, 0.15) is 51.0 Å². The molecule has 2 unspecified atom stereocenters. The maximum atomic E-state index is 12.0. The lowest BCUT2D eigenvalue weighted by atomic mass is 9.65. The second kappa shape index (κ2) is 8.82. The van der Waals surface area contributed by atoms with Crippen LogP contribution >= 0.6 is 11.6 Å². The van der Waals surface area contributed by atoms with Crippen molar-refractivity contribution in [2.75, 3.05) is 17.2 Å². The quantitative estimate of drug-likeness (QED) is 0.550. The van der Waals surface area contributed by atoms with Gasteiger partial charge in [-0.25, -0.2) is 4.98 Å². The summed E-state index contributed by atoms with van der Waals surface area (Å²) in [5.74, 6) is -0.0424. The topological polar surface area (TPSA) is 83.5 Å². The molecule has 1 aliphatic carbocycles. The first kappa shape index (κ1) is 20.9. The summed E-state index contributed by atoms with van der Waals surface area (Å²) in [5.41, 5.74) is 1.58. The Morgan fingerprint density at radius 3 is 2.73 bits per heavy atom. The number of halogens is 1. The predicted octanol–water partition coefficient (Wildman–Crippen LogP) is 5.35. The van der Waals surface area contributed by atoms with E-state index in [0.29, 0.717) is 17.9 Å². The lowest BCUT2D eigenvalue weighted by Crippen LogP contribution is -2.42. The maximum Gasteiger partial charge on any atom is 0.314 e. The van der Waals surface area contributed by atoms with Crippen LogP contribution in [0.4, 0.5) is 17.2 Å². The highest BCUT2D eigenvalue weighted by atomic mass is 35.5. The zero-order valence-electron chi connectivity index (χ0n) is 17.2. The number of aromatic nitrogens is 1. The van der Waals surface area contributed by atoms with Gasteiger partial charge in [0, 0.05) is 29.6 Å². The molecule has 2 heterocycles. The lowest BCUT2D eigenvalue weighted by molar-refractivity contribution is -0.147. The second-order valence-electron chi connectivity index (χ2n) is 8.26. The zero-order chi connectivity index (χ0) is 21.1. The van der Waals surface area contributed by atoms with Crippen molar-refractivity contribution in [2.24, 2.45) is 0 Å². The van der Waals surface area contributed by atoms with E-state index in [1.165, 1.54) is 0 Å². The van der Waals surface area contributed by atoms with Gasteiger partial charge in [0.2, 0.25) is 0 Å². The summed E-state index contributed by atoms with van der Waals surface area (Å²) in [4.78, 5) is 16.7. The largest absolute Gasteiger partial charge is 0.481 e. The first-order valence-electron chi connectivity index (χ1n) is 10.6. The number of rotatable bonds is 7. The van der Waals surface area contributed by atoms with E-state index < -0.39 is 11.4 Å². The van der Waals surface area contributed by atoms with Gasteiger partial charge in [0.15, 0.2) is 0 Å². The third kappa shape index (κ3) is 4.25. The molecular formula is C23H28ClN3O3. The monoisotopic (exact) mass is 429 g/mol. The first-order valence-corrected chi connectivity index (χ1v) is 11.0. The van der Waals surface area contributed by atoms with Crippen LogP contribution in [-0.2, 0) is 14.9 Å². The van der Waals surface area contributed by atoms with Gasteiger partial charge in [0.1, 0.15) is 5.82 Å². The highest BCUT2D eigenvalue weighted by molar-refractivity contribution is 6.30. The van der Waals surface area contributed by atoms with Crippen LogP contribution in [0, 0.1) is 0 Å². The van der Waals surface area contributed by atoms with E-state index in [9.17, 15) is 9.90 Å². The fourth-order valence-corrected chi connectivity index (χ4v) is 4.40. The number of ether oxygens (including phenoxy) is 1. The molecule has 0 amide bonds. The van der Waals surface area contributed by atoms with Gasteiger partial charge in [0.05, 0.1) is 17.2 Å². The minimum Gasteiger partial charge on any atom is -0.481 e. The Morgan fingerprint density at radius 2 is 2.10 bits per heavy atom. The molecule has 30 heavy (non-hydrogen) atoms. The number of hydrogen-bond donors (Lipinski definition) is 3. The summed E-state index contributed by atoms with van der Waals surface area (Å²) in [7, 11) is 0.